The van der Waals surface area contributed by atoms with Crippen LogP contribution in [0.4, 0.5) is 5.69 Å². The van der Waals surface area contributed by atoms with E-state index >= 15 is 0 Å². The number of hydrogen-bond acceptors (Lipinski definition) is 4. The first-order valence-electron chi connectivity index (χ1n) is 6.55. The van der Waals surface area contributed by atoms with Gasteiger partial charge in [-0.3, -0.25) is 4.79 Å². The molecule has 1 aromatic carbocycles. The molecule has 0 bridgehead atoms. The molecule has 0 atom stereocenters. The fourth-order valence-electron chi connectivity index (χ4n) is 2.00. The number of primary amides is 1. The number of benzene rings is 1. The van der Waals surface area contributed by atoms with Gasteiger partial charge < -0.3 is 11.1 Å². The van der Waals surface area contributed by atoms with Crippen LogP contribution in [-0.2, 0) is 14.6 Å². The molecule has 6 heteroatoms. The third-order valence-corrected chi connectivity index (χ3v) is 4.72. The van der Waals surface area contributed by atoms with E-state index in [0.717, 1.165) is 5.69 Å². The fourth-order valence-corrected chi connectivity index (χ4v) is 3.33. The zero-order valence-electron chi connectivity index (χ0n) is 12.1. The van der Waals surface area contributed by atoms with Gasteiger partial charge in [0.15, 0.2) is 9.84 Å². The summed E-state index contributed by atoms with van der Waals surface area (Å²) >= 11 is 0. The minimum Gasteiger partial charge on any atom is -0.380 e. The molecule has 112 valence electrons. The molecule has 1 amide bonds. The number of amides is 1. The molecule has 1 aromatic rings. The molecule has 0 fully saturated rings. The highest BCUT2D eigenvalue weighted by atomic mass is 32.2. The molecule has 20 heavy (non-hydrogen) atoms. The van der Waals surface area contributed by atoms with Crippen LogP contribution in [0.1, 0.15) is 33.6 Å². The van der Waals surface area contributed by atoms with Gasteiger partial charge in [0.25, 0.3) is 0 Å². The van der Waals surface area contributed by atoms with Crippen molar-refractivity contribution >= 4 is 21.4 Å². The number of carbonyl (C=O) groups is 1. The Morgan fingerprint density at radius 2 is 1.80 bits per heavy atom. The van der Waals surface area contributed by atoms with E-state index in [-0.39, 0.29) is 18.1 Å². The van der Waals surface area contributed by atoms with E-state index < -0.39 is 15.4 Å². The molecule has 0 spiro atoms. The number of hydrogen-bond donors (Lipinski definition) is 2. The van der Waals surface area contributed by atoms with Crippen LogP contribution in [0, 0.1) is 0 Å². The van der Waals surface area contributed by atoms with Crippen LogP contribution in [0.5, 0.6) is 0 Å². The van der Waals surface area contributed by atoms with Crippen LogP contribution < -0.4 is 11.1 Å². The zero-order chi connectivity index (χ0) is 15.4. The standard InChI is InChI=1S/C14H22N2O3S/c1-4-9-20(18,19)12-7-5-11(6-8-12)16-14(2,3)10-13(15)17/h5-8,16H,4,9-10H2,1-3H3,(H2,15,17). The molecule has 0 saturated carbocycles. The molecule has 0 saturated heterocycles. The van der Waals surface area contributed by atoms with Gasteiger partial charge in [0.2, 0.25) is 5.91 Å². The number of nitrogens with two attached hydrogens (primary N) is 1. The molecule has 0 aliphatic heterocycles. The summed E-state index contributed by atoms with van der Waals surface area (Å²) in [5, 5.41) is 3.16. The average Bonchev–Trinajstić information content (AvgIpc) is 2.26. The van der Waals surface area contributed by atoms with Crippen LogP contribution in [0.2, 0.25) is 0 Å². The van der Waals surface area contributed by atoms with Gasteiger partial charge in [0.1, 0.15) is 0 Å². The third-order valence-electron chi connectivity index (χ3n) is 2.79. The molecule has 3 N–H and O–H groups in total. The maximum absolute atomic E-state index is 11.9. The summed E-state index contributed by atoms with van der Waals surface area (Å²) in [6.07, 6.45) is 0.789. The Kier molecular flexibility index (Phi) is 5.16. The van der Waals surface area contributed by atoms with E-state index in [9.17, 15) is 13.2 Å². The molecule has 0 heterocycles. The molecular formula is C14H22N2O3S. The smallest absolute Gasteiger partial charge is 0.219 e. The van der Waals surface area contributed by atoms with Crippen molar-refractivity contribution < 1.29 is 13.2 Å². The van der Waals surface area contributed by atoms with Gasteiger partial charge in [0.05, 0.1) is 10.6 Å². The predicted octanol–water partition coefficient (Wildman–Crippen LogP) is 1.94. The van der Waals surface area contributed by atoms with Crippen LogP contribution >= 0.6 is 0 Å². The number of rotatable bonds is 7. The van der Waals surface area contributed by atoms with Gasteiger partial charge in [-0.05, 0) is 44.5 Å². The van der Waals surface area contributed by atoms with Crippen molar-refractivity contribution in [2.75, 3.05) is 11.1 Å². The third kappa shape index (κ3) is 4.85. The molecule has 0 radical (unpaired) electrons. The zero-order valence-corrected chi connectivity index (χ0v) is 13.0. The summed E-state index contributed by atoms with van der Waals surface area (Å²) in [4.78, 5) is 11.3. The summed E-state index contributed by atoms with van der Waals surface area (Å²) in [5.41, 5.74) is 5.47. The number of carbonyl (C=O) groups excluding carboxylic acids is 1. The van der Waals surface area contributed by atoms with Crippen molar-refractivity contribution in [2.45, 2.75) is 44.0 Å². The second kappa shape index (κ2) is 6.26. The Balaban J connectivity index is 2.85. The number of nitrogens with one attached hydrogen (secondary N) is 1. The normalized spacial score (nSPS) is 12.2. The van der Waals surface area contributed by atoms with Crippen LogP contribution in [0.15, 0.2) is 29.2 Å². The van der Waals surface area contributed by atoms with Gasteiger partial charge in [-0.15, -0.1) is 0 Å². The Bertz CT molecular complexity index is 563. The Labute approximate surface area is 120 Å². The molecule has 0 aliphatic rings. The fraction of sp³-hybridized carbons (Fsp3) is 0.500. The maximum Gasteiger partial charge on any atom is 0.219 e. The van der Waals surface area contributed by atoms with Crippen LogP contribution in [0.3, 0.4) is 0 Å². The first kappa shape index (κ1) is 16.5. The molecule has 0 aromatic heterocycles. The molecular weight excluding hydrogens is 276 g/mol. The van der Waals surface area contributed by atoms with Gasteiger partial charge >= 0.3 is 0 Å². The Hall–Kier alpha value is -1.56. The second-order valence-electron chi connectivity index (χ2n) is 5.50. The topological polar surface area (TPSA) is 89.3 Å². The molecule has 0 aliphatic carbocycles. The number of anilines is 1. The van der Waals surface area contributed by atoms with E-state index in [1.54, 1.807) is 24.3 Å². The van der Waals surface area contributed by atoms with Crippen molar-refractivity contribution in [1.29, 1.82) is 0 Å². The predicted molar refractivity (Wildman–Crippen MR) is 80.3 cm³/mol. The molecule has 0 unspecified atom stereocenters. The summed E-state index contributed by atoms with van der Waals surface area (Å²) in [6.45, 7) is 5.55. The minimum absolute atomic E-state index is 0.146. The van der Waals surface area contributed by atoms with Crippen LogP contribution in [0.25, 0.3) is 0 Å². The highest BCUT2D eigenvalue weighted by Gasteiger charge is 2.20. The quantitative estimate of drug-likeness (QED) is 0.805. The summed E-state index contributed by atoms with van der Waals surface area (Å²) in [7, 11) is -3.19. The SMILES string of the molecule is CCCS(=O)(=O)c1ccc(NC(C)(C)CC(N)=O)cc1. The molecule has 5 nitrogen and oxygen atoms in total. The number of sulfone groups is 1. The largest absolute Gasteiger partial charge is 0.380 e. The molecule has 1 rings (SSSR count). The van der Waals surface area contributed by atoms with Crippen molar-refractivity contribution in [3.63, 3.8) is 0 Å². The highest BCUT2D eigenvalue weighted by Crippen LogP contribution is 2.20. The summed E-state index contributed by atoms with van der Waals surface area (Å²) in [5.74, 6) is -0.239. The van der Waals surface area contributed by atoms with Crippen molar-refractivity contribution in [1.82, 2.24) is 0 Å². The van der Waals surface area contributed by atoms with Gasteiger partial charge in [-0.1, -0.05) is 6.92 Å². The second-order valence-corrected chi connectivity index (χ2v) is 7.60. The highest BCUT2D eigenvalue weighted by molar-refractivity contribution is 7.91. The summed E-state index contributed by atoms with van der Waals surface area (Å²) < 4.78 is 23.8. The lowest BCUT2D eigenvalue weighted by atomic mass is 10.00. The minimum atomic E-state index is -3.19. The van der Waals surface area contributed by atoms with Gasteiger partial charge in [-0.2, -0.15) is 0 Å². The van der Waals surface area contributed by atoms with Crippen molar-refractivity contribution in [2.24, 2.45) is 5.73 Å². The van der Waals surface area contributed by atoms with E-state index in [1.165, 1.54) is 0 Å². The Morgan fingerprint density at radius 1 is 1.25 bits per heavy atom. The first-order valence-corrected chi connectivity index (χ1v) is 8.21. The lowest BCUT2D eigenvalue weighted by Crippen LogP contribution is -2.35. The average molecular weight is 298 g/mol. The van der Waals surface area contributed by atoms with Gasteiger partial charge in [0, 0.05) is 17.6 Å². The Morgan fingerprint density at radius 3 is 2.25 bits per heavy atom. The van der Waals surface area contributed by atoms with E-state index in [2.05, 4.69) is 5.32 Å². The van der Waals surface area contributed by atoms with E-state index in [1.807, 2.05) is 20.8 Å². The van der Waals surface area contributed by atoms with Crippen LogP contribution in [-0.4, -0.2) is 25.6 Å². The van der Waals surface area contributed by atoms with Gasteiger partial charge in [-0.25, -0.2) is 8.42 Å². The lowest BCUT2D eigenvalue weighted by molar-refractivity contribution is -0.118. The van der Waals surface area contributed by atoms with Crippen molar-refractivity contribution in [3.8, 4) is 0 Å². The van der Waals surface area contributed by atoms with E-state index in [0.29, 0.717) is 11.3 Å². The lowest BCUT2D eigenvalue weighted by Gasteiger charge is -2.26. The first-order chi connectivity index (χ1) is 9.16. The van der Waals surface area contributed by atoms with Crippen molar-refractivity contribution in [3.05, 3.63) is 24.3 Å². The maximum atomic E-state index is 11.9. The summed E-state index contributed by atoms with van der Waals surface area (Å²) in [6, 6.07) is 6.55. The monoisotopic (exact) mass is 298 g/mol. The van der Waals surface area contributed by atoms with E-state index in [4.69, 9.17) is 5.73 Å².